The van der Waals surface area contributed by atoms with E-state index in [1.807, 2.05) is 0 Å². The van der Waals surface area contributed by atoms with Crippen LogP contribution in [0.3, 0.4) is 0 Å². The lowest BCUT2D eigenvalue weighted by Gasteiger charge is -2.55. The normalized spacial score (nSPS) is 46.9. The van der Waals surface area contributed by atoms with E-state index in [0.29, 0.717) is 6.04 Å². The zero-order valence-electron chi connectivity index (χ0n) is 11.1. The highest BCUT2D eigenvalue weighted by atomic mass is 15.0. The van der Waals surface area contributed by atoms with E-state index in [9.17, 15) is 5.26 Å². The minimum atomic E-state index is 0.139. The lowest BCUT2D eigenvalue weighted by atomic mass is 9.51. The van der Waals surface area contributed by atoms with Crippen LogP contribution >= 0.6 is 0 Å². The van der Waals surface area contributed by atoms with E-state index in [1.165, 1.54) is 44.9 Å². The van der Waals surface area contributed by atoms with E-state index >= 15 is 0 Å². The largest absolute Gasteiger partial charge is 0.299 e. The van der Waals surface area contributed by atoms with Gasteiger partial charge in [0.15, 0.2) is 0 Å². The fourth-order valence-electron chi connectivity index (χ4n) is 5.39. The van der Waals surface area contributed by atoms with Crippen LogP contribution in [-0.4, -0.2) is 12.1 Å². The van der Waals surface area contributed by atoms with Crippen molar-refractivity contribution in [1.82, 2.24) is 5.32 Å². The summed E-state index contributed by atoms with van der Waals surface area (Å²) in [5, 5.41) is 12.9. The molecule has 1 N–H and O–H groups in total. The van der Waals surface area contributed by atoms with E-state index < -0.39 is 0 Å². The molecule has 98 valence electrons. The van der Waals surface area contributed by atoms with Crippen LogP contribution in [0.15, 0.2) is 0 Å². The summed E-state index contributed by atoms with van der Waals surface area (Å²) in [4.78, 5) is 0. The van der Waals surface area contributed by atoms with Gasteiger partial charge in [0.25, 0.3) is 0 Å². The fourth-order valence-corrected chi connectivity index (χ4v) is 5.39. The average Bonchev–Trinajstić information content (AvgIpc) is 3.15. The maximum Gasteiger partial charge on any atom is 0.0957 e. The molecule has 1 atom stereocenters. The highest BCUT2D eigenvalue weighted by Gasteiger charge is 2.48. The first-order valence-corrected chi connectivity index (χ1v) is 7.97. The number of nitriles is 1. The molecular weight excluding hydrogens is 220 g/mol. The number of nitrogens with zero attached hydrogens (tertiary/aromatic N) is 1. The molecular formula is C16H24N2. The van der Waals surface area contributed by atoms with Crippen molar-refractivity contribution in [3.63, 3.8) is 0 Å². The molecule has 2 heteroatoms. The van der Waals surface area contributed by atoms with Crippen molar-refractivity contribution in [2.75, 3.05) is 0 Å². The molecule has 0 aliphatic heterocycles. The summed E-state index contributed by atoms with van der Waals surface area (Å²) >= 11 is 0. The van der Waals surface area contributed by atoms with Crippen LogP contribution in [0.5, 0.6) is 0 Å². The molecule has 5 rings (SSSR count). The molecule has 2 nitrogen and oxygen atoms in total. The first-order chi connectivity index (χ1) is 8.81. The Balaban J connectivity index is 1.43. The maximum atomic E-state index is 9.34. The molecule has 0 radical (unpaired) electrons. The molecule has 1 unspecified atom stereocenters. The molecule has 4 bridgehead atoms. The lowest BCUT2D eigenvalue weighted by molar-refractivity contribution is -0.0414. The summed E-state index contributed by atoms with van der Waals surface area (Å²) in [6.07, 6.45) is 11.2. The van der Waals surface area contributed by atoms with Crippen molar-refractivity contribution in [3.8, 4) is 6.07 Å². The zero-order chi connectivity index (χ0) is 12.1. The molecule has 18 heavy (non-hydrogen) atoms. The van der Waals surface area contributed by atoms with Crippen molar-refractivity contribution in [3.05, 3.63) is 0 Å². The van der Waals surface area contributed by atoms with Crippen LogP contribution in [0.25, 0.3) is 0 Å². The van der Waals surface area contributed by atoms with Gasteiger partial charge in [-0.1, -0.05) is 0 Å². The van der Waals surface area contributed by atoms with E-state index in [-0.39, 0.29) is 6.04 Å². The molecule has 0 aromatic carbocycles. The maximum absolute atomic E-state index is 9.34. The Bertz CT molecular complexity index is 338. The van der Waals surface area contributed by atoms with Crippen LogP contribution in [0.4, 0.5) is 0 Å². The van der Waals surface area contributed by atoms with Gasteiger partial charge in [-0.3, -0.25) is 5.32 Å². The zero-order valence-corrected chi connectivity index (χ0v) is 11.1. The van der Waals surface area contributed by atoms with Crippen LogP contribution in [0, 0.1) is 40.9 Å². The third-order valence-corrected chi connectivity index (χ3v) is 6.10. The van der Waals surface area contributed by atoms with Crippen LogP contribution in [-0.2, 0) is 0 Å². The van der Waals surface area contributed by atoms with Gasteiger partial charge in [0.05, 0.1) is 12.1 Å². The Morgan fingerprint density at radius 3 is 2.11 bits per heavy atom. The van der Waals surface area contributed by atoms with Gasteiger partial charge >= 0.3 is 0 Å². The number of rotatable bonds is 4. The van der Waals surface area contributed by atoms with Gasteiger partial charge < -0.3 is 0 Å². The molecule has 0 amide bonds. The van der Waals surface area contributed by atoms with Crippen molar-refractivity contribution in [2.45, 2.75) is 63.5 Å². The van der Waals surface area contributed by atoms with Crippen molar-refractivity contribution < 1.29 is 0 Å². The van der Waals surface area contributed by atoms with Gasteiger partial charge in [0, 0.05) is 6.04 Å². The Labute approximate surface area is 110 Å². The summed E-state index contributed by atoms with van der Waals surface area (Å²) in [5.74, 6) is 4.92. The molecule has 5 fully saturated rings. The van der Waals surface area contributed by atoms with Crippen LogP contribution in [0.2, 0.25) is 0 Å². The monoisotopic (exact) mass is 244 g/mol. The van der Waals surface area contributed by atoms with Gasteiger partial charge in [0.2, 0.25) is 0 Å². The van der Waals surface area contributed by atoms with Gasteiger partial charge in [-0.15, -0.1) is 0 Å². The standard InChI is InChI=1S/C16H24N2/c17-9-15(18-14-1-2-14)8-16-12-4-10-3-11(6-12)7-13(16)5-10/h10-16,18H,1-8H2. The summed E-state index contributed by atoms with van der Waals surface area (Å²) < 4.78 is 0. The van der Waals surface area contributed by atoms with Crippen LogP contribution < -0.4 is 5.32 Å². The Hall–Kier alpha value is -0.550. The Morgan fingerprint density at radius 2 is 1.61 bits per heavy atom. The summed E-state index contributed by atoms with van der Waals surface area (Å²) in [6, 6.07) is 3.33. The van der Waals surface area contributed by atoms with E-state index in [0.717, 1.165) is 36.0 Å². The van der Waals surface area contributed by atoms with Crippen LogP contribution in [0.1, 0.15) is 51.4 Å². The SMILES string of the molecule is N#CC(CC1C2CC3CC(C2)CC1C3)NC1CC1. The molecule has 0 aromatic rings. The lowest BCUT2D eigenvalue weighted by Crippen LogP contribution is -2.47. The molecule has 0 aromatic heterocycles. The predicted molar refractivity (Wildman–Crippen MR) is 70.7 cm³/mol. The van der Waals surface area contributed by atoms with E-state index in [1.54, 1.807) is 0 Å². The minimum absolute atomic E-state index is 0.139. The topological polar surface area (TPSA) is 35.8 Å². The smallest absolute Gasteiger partial charge is 0.0957 e. The van der Waals surface area contributed by atoms with Gasteiger partial charge in [-0.2, -0.15) is 5.26 Å². The minimum Gasteiger partial charge on any atom is -0.299 e. The molecule has 5 aliphatic carbocycles. The summed E-state index contributed by atoms with van der Waals surface area (Å²) in [7, 11) is 0. The van der Waals surface area contributed by atoms with Gasteiger partial charge in [-0.05, 0) is 81.0 Å². The van der Waals surface area contributed by atoms with E-state index in [2.05, 4.69) is 11.4 Å². The number of nitrogens with one attached hydrogen (secondary N) is 1. The van der Waals surface area contributed by atoms with Crippen molar-refractivity contribution >= 4 is 0 Å². The second kappa shape index (κ2) is 4.23. The number of hydrogen-bond acceptors (Lipinski definition) is 2. The third-order valence-electron chi connectivity index (χ3n) is 6.10. The molecule has 5 aliphatic rings. The Kier molecular flexibility index (Phi) is 2.66. The highest BCUT2D eigenvalue weighted by molar-refractivity contribution is 5.03. The Morgan fingerprint density at radius 1 is 1.00 bits per heavy atom. The predicted octanol–water partition coefficient (Wildman–Crippen LogP) is 3.09. The molecule has 5 saturated carbocycles. The third kappa shape index (κ3) is 1.97. The molecule has 0 heterocycles. The number of hydrogen-bond donors (Lipinski definition) is 1. The summed E-state index contributed by atoms with van der Waals surface area (Å²) in [6.45, 7) is 0. The first kappa shape index (κ1) is 11.3. The molecule has 0 saturated heterocycles. The van der Waals surface area contributed by atoms with Crippen molar-refractivity contribution in [1.29, 1.82) is 5.26 Å². The average molecular weight is 244 g/mol. The molecule has 0 spiro atoms. The van der Waals surface area contributed by atoms with Gasteiger partial charge in [0.1, 0.15) is 0 Å². The summed E-state index contributed by atoms with van der Waals surface area (Å²) in [5.41, 5.74) is 0. The highest BCUT2D eigenvalue weighted by Crippen LogP contribution is 2.57. The fraction of sp³-hybridized carbons (Fsp3) is 0.938. The second-order valence-electron chi connectivity index (χ2n) is 7.45. The quantitative estimate of drug-likeness (QED) is 0.825. The first-order valence-electron chi connectivity index (χ1n) is 7.97. The van der Waals surface area contributed by atoms with Gasteiger partial charge in [-0.25, -0.2) is 0 Å². The van der Waals surface area contributed by atoms with Crippen molar-refractivity contribution in [2.24, 2.45) is 29.6 Å². The van der Waals surface area contributed by atoms with E-state index in [4.69, 9.17) is 0 Å². The second-order valence-corrected chi connectivity index (χ2v) is 7.45.